The molecule has 0 aliphatic carbocycles. The lowest BCUT2D eigenvalue weighted by Gasteiger charge is -2.22. The van der Waals surface area contributed by atoms with Gasteiger partial charge in [0, 0.05) is 36.7 Å². The number of nitrogens with zero attached hydrogens (tertiary/aromatic N) is 1. The summed E-state index contributed by atoms with van der Waals surface area (Å²) in [6.45, 7) is 2.31. The lowest BCUT2D eigenvalue weighted by atomic mass is 10.1. The van der Waals surface area contributed by atoms with Crippen LogP contribution in [0.2, 0.25) is 0 Å². The summed E-state index contributed by atoms with van der Waals surface area (Å²) >= 11 is 0. The number of carbonyl (C=O) groups is 2. The van der Waals surface area contributed by atoms with E-state index in [1.54, 1.807) is 6.07 Å². The van der Waals surface area contributed by atoms with Crippen molar-refractivity contribution in [2.45, 2.75) is 19.4 Å². The molecule has 0 spiro atoms. The summed E-state index contributed by atoms with van der Waals surface area (Å²) in [5, 5.41) is 8.63. The first kappa shape index (κ1) is 20.5. The third-order valence-electron chi connectivity index (χ3n) is 5.27. The minimum Gasteiger partial charge on any atom is -0.371 e. The summed E-state index contributed by atoms with van der Waals surface area (Å²) in [6, 6.07) is 24.2. The molecule has 1 aliphatic rings. The molecule has 0 radical (unpaired) electrons. The van der Waals surface area contributed by atoms with Gasteiger partial charge in [-0.25, -0.2) is 4.79 Å². The lowest BCUT2D eigenvalue weighted by molar-refractivity contribution is 0.0951. The van der Waals surface area contributed by atoms with E-state index in [4.69, 9.17) is 0 Å². The Morgan fingerprint density at radius 3 is 2.13 bits per heavy atom. The summed E-state index contributed by atoms with van der Waals surface area (Å²) in [5.41, 5.74) is 3.78. The molecule has 1 aliphatic heterocycles. The topological polar surface area (TPSA) is 73.5 Å². The van der Waals surface area contributed by atoms with Crippen molar-refractivity contribution in [3.05, 3.63) is 90.0 Å². The third kappa shape index (κ3) is 5.42. The second-order valence-corrected chi connectivity index (χ2v) is 7.54. The molecule has 158 valence electrons. The van der Waals surface area contributed by atoms with E-state index in [1.807, 2.05) is 72.8 Å². The largest absolute Gasteiger partial charge is 0.371 e. The molecule has 6 nitrogen and oxygen atoms in total. The van der Waals surface area contributed by atoms with E-state index < -0.39 is 0 Å². The average Bonchev–Trinajstić information content (AvgIpc) is 3.33. The highest BCUT2D eigenvalue weighted by atomic mass is 16.2. The minimum absolute atomic E-state index is 0.155. The summed E-state index contributed by atoms with van der Waals surface area (Å²) in [5.74, 6) is -0.155. The van der Waals surface area contributed by atoms with E-state index in [-0.39, 0.29) is 11.9 Å². The van der Waals surface area contributed by atoms with Crippen molar-refractivity contribution in [2.75, 3.05) is 28.6 Å². The second kappa shape index (κ2) is 9.80. The maximum Gasteiger partial charge on any atom is 0.323 e. The van der Waals surface area contributed by atoms with Crippen LogP contribution in [0, 0.1) is 0 Å². The van der Waals surface area contributed by atoms with E-state index in [0.29, 0.717) is 23.5 Å². The number of anilines is 3. The lowest BCUT2D eigenvalue weighted by Crippen LogP contribution is -2.27. The molecule has 3 N–H and O–H groups in total. The maximum atomic E-state index is 13.1. The van der Waals surface area contributed by atoms with Gasteiger partial charge in [0.2, 0.25) is 0 Å². The van der Waals surface area contributed by atoms with Crippen molar-refractivity contribution in [3.8, 4) is 0 Å². The summed E-state index contributed by atoms with van der Waals surface area (Å²) < 4.78 is 0. The highest BCUT2D eigenvalue weighted by Crippen LogP contribution is 2.28. The van der Waals surface area contributed by atoms with Gasteiger partial charge in [-0.05, 0) is 48.7 Å². The van der Waals surface area contributed by atoms with Gasteiger partial charge in [-0.2, -0.15) is 0 Å². The van der Waals surface area contributed by atoms with Crippen molar-refractivity contribution in [1.82, 2.24) is 5.32 Å². The standard InChI is InChI=1S/C25H26N4O2/c30-24(26-18-19-9-3-1-4-10-19)22-17-21(13-14-23(22)29-15-7-8-16-29)28-25(31)27-20-11-5-2-6-12-20/h1-6,9-14,17H,7-8,15-16,18H2,(H,26,30)(H2,27,28,31). The number of amides is 3. The summed E-state index contributed by atoms with van der Waals surface area (Å²) in [6.07, 6.45) is 2.23. The number of carbonyl (C=O) groups excluding carboxylic acids is 2. The van der Waals surface area contributed by atoms with Crippen molar-refractivity contribution < 1.29 is 9.59 Å². The molecule has 3 aromatic rings. The Hall–Kier alpha value is -3.80. The second-order valence-electron chi connectivity index (χ2n) is 7.54. The van der Waals surface area contributed by atoms with Crippen LogP contribution in [0.1, 0.15) is 28.8 Å². The van der Waals surface area contributed by atoms with Crippen molar-refractivity contribution in [1.29, 1.82) is 0 Å². The number of benzene rings is 3. The fraction of sp³-hybridized carbons (Fsp3) is 0.200. The average molecular weight is 415 g/mol. The Balaban J connectivity index is 1.51. The van der Waals surface area contributed by atoms with Crippen LogP contribution in [0.25, 0.3) is 0 Å². The SMILES string of the molecule is O=C(Nc1ccccc1)Nc1ccc(N2CCCC2)c(C(=O)NCc2ccccc2)c1. The van der Waals surface area contributed by atoms with Crippen LogP contribution in [-0.2, 0) is 6.54 Å². The monoisotopic (exact) mass is 414 g/mol. The molecule has 0 atom stereocenters. The van der Waals surface area contributed by atoms with Crippen LogP contribution in [-0.4, -0.2) is 25.0 Å². The van der Waals surface area contributed by atoms with Gasteiger partial charge in [-0.15, -0.1) is 0 Å². The predicted molar refractivity (Wildman–Crippen MR) is 125 cm³/mol. The van der Waals surface area contributed by atoms with Gasteiger partial charge < -0.3 is 20.9 Å². The van der Waals surface area contributed by atoms with Gasteiger partial charge in [-0.1, -0.05) is 48.5 Å². The molecule has 0 aromatic heterocycles. The fourth-order valence-corrected chi connectivity index (χ4v) is 3.72. The molecule has 31 heavy (non-hydrogen) atoms. The van der Waals surface area contributed by atoms with Gasteiger partial charge in [0.15, 0.2) is 0 Å². The molecule has 1 fully saturated rings. The van der Waals surface area contributed by atoms with Gasteiger partial charge in [0.25, 0.3) is 5.91 Å². The zero-order valence-electron chi connectivity index (χ0n) is 17.3. The number of hydrogen-bond acceptors (Lipinski definition) is 3. The van der Waals surface area contributed by atoms with Gasteiger partial charge in [0.05, 0.1) is 5.56 Å². The normalized spacial score (nSPS) is 13.0. The molecule has 3 aromatic carbocycles. The van der Waals surface area contributed by atoms with Crippen LogP contribution in [0.5, 0.6) is 0 Å². The van der Waals surface area contributed by atoms with E-state index in [9.17, 15) is 9.59 Å². The zero-order chi connectivity index (χ0) is 21.5. The zero-order valence-corrected chi connectivity index (χ0v) is 17.3. The van der Waals surface area contributed by atoms with Gasteiger partial charge >= 0.3 is 6.03 Å². The number of hydrogen-bond donors (Lipinski definition) is 3. The van der Waals surface area contributed by atoms with E-state index in [1.165, 1.54) is 0 Å². The minimum atomic E-state index is -0.351. The molecular formula is C25H26N4O2. The molecule has 1 saturated heterocycles. The van der Waals surface area contributed by atoms with Crippen molar-refractivity contribution >= 4 is 29.0 Å². The number of urea groups is 1. The molecule has 0 unspecified atom stereocenters. The Morgan fingerprint density at radius 1 is 0.774 bits per heavy atom. The summed E-state index contributed by atoms with van der Waals surface area (Å²) in [7, 11) is 0. The first-order chi connectivity index (χ1) is 15.2. The molecule has 3 amide bonds. The highest BCUT2D eigenvalue weighted by molar-refractivity contribution is 6.04. The molecule has 0 saturated carbocycles. The van der Waals surface area contributed by atoms with Crippen LogP contribution in [0.4, 0.5) is 21.9 Å². The fourth-order valence-electron chi connectivity index (χ4n) is 3.72. The van der Waals surface area contributed by atoms with E-state index >= 15 is 0 Å². The number of rotatable bonds is 6. The third-order valence-corrected chi connectivity index (χ3v) is 5.27. The molecule has 4 rings (SSSR count). The Bertz CT molecular complexity index is 1030. The summed E-state index contributed by atoms with van der Waals surface area (Å²) in [4.78, 5) is 27.7. The van der Waals surface area contributed by atoms with Crippen LogP contribution < -0.4 is 20.9 Å². The van der Waals surface area contributed by atoms with Crippen LogP contribution in [0.3, 0.4) is 0 Å². The van der Waals surface area contributed by atoms with E-state index in [2.05, 4.69) is 20.9 Å². The van der Waals surface area contributed by atoms with Crippen LogP contribution >= 0.6 is 0 Å². The Kier molecular flexibility index (Phi) is 6.47. The molecule has 1 heterocycles. The van der Waals surface area contributed by atoms with Gasteiger partial charge in [0.1, 0.15) is 0 Å². The van der Waals surface area contributed by atoms with Crippen LogP contribution in [0.15, 0.2) is 78.9 Å². The van der Waals surface area contributed by atoms with Crippen molar-refractivity contribution in [2.24, 2.45) is 0 Å². The highest BCUT2D eigenvalue weighted by Gasteiger charge is 2.20. The van der Waals surface area contributed by atoms with E-state index in [0.717, 1.165) is 37.2 Å². The maximum absolute atomic E-state index is 13.1. The molecule has 0 bridgehead atoms. The number of para-hydroxylation sites is 1. The first-order valence-corrected chi connectivity index (χ1v) is 10.5. The molecule has 6 heteroatoms. The molecular weight excluding hydrogens is 388 g/mol. The first-order valence-electron chi connectivity index (χ1n) is 10.5. The smallest absolute Gasteiger partial charge is 0.323 e. The van der Waals surface area contributed by atoms with Gasteiger partial charge in [-0.3, -0.25) is 4.79 Å². The number of nitrogens with one attached hydrogen (secondary N) is 3. The Labute approximate surface area is 182 Å². The van der Waals surface area contributed by atoms with Crippen molar-refractivity contribution in [3.63, 3.8) is 0 Å². The quantitative estimate of drug-likeness (QED) is 0.539. The Morgan fingerprint density at radius 2 is 1.42 bits per heavy atom. The predicted octanol–water partition coefficient (Wildman–Crippen LogP) is 4.86.